The van der Waals surface area contributed by atoms with Gasteiger partial charge in [-0.3, -0.25) is 4.79 Å². The van der Waals surface area contributed by atoms with Crippen LogP contribution in [0.4, 0.5) is 0 Å². The predicted molar refractivity (Wildman–Crippen MR) is 53.2 cm³/mol. The van der Waals surface area contributed by atoms with Crippen LogP contribution in [0.5, 0.6) is 0 Å². The first kappa shape index (κ1) is 10.3. The number of thioether (sulfide) groups is 1. The molecule has 1 aliphatic heterocycles. The summed E-state index contributed by atoms with van der Waals surface area (Å²) in [5, 5.41) is 3.44. The molecular weight excluding hydrogens is 186 g/mol. The second-order valence-electron chi connectivity index (χ2n) is 2.86. The van der Waals surface area contributed by atoms with Crippen LogP contribution in [-0.2, 0) is 9.59 Å². The van der Waals surface area contributed by atoms with Gasteiger partial charge in [0.15, 0.2) is 0 Å². The van der Waals surface area contributed by atoms with Crippen molar-refractivity contribution in [2.24, 2.45) is 0 Å². The van der Waals surface area contributed by atoms with Crippen molar-refractivity contribution in [3.63, 3.8) is 0 Å². The highest BCUT2D eigenvalue weighted by molar-refractivity contribution is 8.04. The van der Waals surface area contributed by atoms with Crippen LogP contribution in [0.2, 0.25) is 0 Å². The fourth-order valence-electron chi connectivity index (χ4n) is 1.06. The molecule has 0 bridgehead atoms. The Kier molecular flexibility index (Phi) is 4.02. The number of nitrogens with one attached hydrogen (secondary N) is 1. The van der Waals surface area contributed by atoms with Crippen molar-refractivity contribution in [3.05, 3.63) is 11.1 Å². The van der Waals surface area contributed by atoms with Gasteiger partial charge in [-0.15, -0.1) is 0 Å². The molecule has 1 atom stereocenters. The van der Waals surface area contributed by atoms with Crippen LogP contribution in [-0.4, -0.2) is 17.4 Å². The Morgan fingerprint density at radius 1 is 1.62 bits per heavy atom. The highest BCUT2D eigenvalue weighted by Gasteiger charge is 2.27. The molecular formula is C9H13NO2S. The number of aldehydes is 1. The molecule has 0 aliphatic carbocycles. The molecule has 1 fully saturated rings. The maximum Gasteiger partial charge on any atom is 0.238 e. The fraction of sp³-hybridized carbons (Fsp3) is 0.556. The smallest absolute Gasteiger partial charge is 0.238 e. The van der Waals surface area contributed by atoms with E-state index in [1.165, 1.54) is 11.8 Å². The Labute approximate surface area is 82.0 Å². The lowest BCUT2D eigenvalue weighted by Crippen LogP contribution is -2.22. The van der Waals surface area contributed by atoms with Crippen LogP contribution in [0.15, 0.2) is 11.1 Å². The van der Waals surface area contributed by atoms with Gasteiger partial charge >= 0.3 is 0 Å². The number of carbonyl (C=O) groups excluding carboxylic acids is 2. The summed E-state index contributed by atoms with van der Waals surface area (Å²) in [4.78, 5) is 21.4. The summed E-state index contributed by atoms with van der Waals surface area (Å²) in [6.45, 7) is 2.08. The monoisotopic (exact) mass is 199 g/mol. The largest absolute Gasteiger partial charge is 0.320 e. The van der Waals surface area contributed by atoms with E-state index in [2.05, 4.69) is 12.2 Å². The van der Waals surface area contributed by atoms with Crippen molar-refractivity contribution < 1.29 is 9.59 Å². The van der Waals surface area contributed by atoms with Crippen LogP contribution < -0.4 is 5.32 Å². The molecule has 3 nitrogen and oxygen atoms in total. The van der Waals surface area contributed by atoms with Gasteiger partial charge in [0.25, 0.3) is 0 Å². The first-order chi connectivity index (χ1) is 6.27. The van der Waals surface area contributed by atoms with Crippen molar-refractivity contribution in [1.82, 2.24) is 5.32 Å². The second kappa shape index (κ2) is 5.07. The van der Waals surface area contributed by atoms with E-state index < -0.39 is 0 Å². The number of rotatable bonds is 4. The topological polar surface area (TPSA) is 46.2 Å². The van der Waals surface area contributed by atoms with E-state index in [-0.39, 0.29) is 11.2 Å². The summed E-state index contributed by atoms with van der Waals surface area (Å²) in [6, 6.07) is 0. The first-order valence-electron chi connectivity index (χ1n) is 4.39. The SMILES string of the molecule is CCC/C=C1/NC(=O)C(CC=O)S1. The molecule has 1 amide bonds. The number of hydrogen-bond acceptors (Lipinski definition) is 3. The van der Waals surface area contributed by atoms with Gasteiger partial charge in [0, 0.05) is 6.42 Å². The molecule has 0 aromatic carbocycles. The van der Waals surface area contributed by atoms with Crippen molar-refractivity contribution in [3.8, 4) is 0 Å². The van der Waals surface area contributed by atoms with Gasteiger partial charge in [-0.1, -0.05) is 31.2 Å². The van der Waals surface area contributed by atoms with Gasteiger partial charge in [0.2, 0.25) is 5.91 Å². The summed E-state index contributed by atoms with van der Waals surface area (Å²) in [6.07, 6.45) is 5.14. The van der Waals surface area contributed by atoms with Gasteiger partial charge in [-0.2, -0.15) is 0 Å². The zero-order chi connectivity index (χ0) is 9.68. The van der Waals surface area contributed by atoms with Gasteiger partial charge < -0.3 is 10.1 Å². The minimum Gasteiger partial charge on any atom is -0.320 e. The standard InChI is InChI=1S/C9H13NO2S/c1-2-3-4-8-10-9(12)7(13-8)5-6-11/h4,6-7H,2-3,5H2,1H3,(H,10,12)/b8-4-. The van der Waals surface area contributed by atoms with Crippen LogP contribution >= 0.6 is 11.8 Å². The van der Waals surface area contributed by atoms with E-state index in [9.17, 15) is 9.59 Å². The Morgan fingerprint density at radius 2 is 2.38 bits per heavy atom. The molecule has 13 heavy (non-hydrogen) atoms. The Bertz CT molecular complexity index is 238. The molecule has 1 heterocycles. The predicted octanol–water partition coefficient (Wildman–Crippen LogP) is 1.45. The van der Waals surface area contributed by atoms with Gasteiger partial charge in [-0.05, 0) is 6.42 Å². The van der Waals surface area contributed by atoms with Crippen LogP contribution in [0.1, 0.15) is 26.2 Å². The molecule has 1 rings (SSSR count). The summed E-state index contributed by atoms with van der Waals surface area (Å²) < 4.78 is 0. The van der Waals surface area contributed by atoms with Gasteiger partial charge in [-0.25, -0.2) is 0 Å². The highest BCUT2D eigenvalue weighted by atomic mass is 32.2. The van der Waals surface area contributed by atoms with E-state index in [4.69, 9.17) is 0 Å². The normalized spacial score (nSPS) is 24.8. The molecule has 1 unspecified atom stereocenters. The lowest BCUT2D eigenvalue weighted by molar-refractivity contribution is -0.120. The van der Waals surface area contributed by atoms with Crippen LogP contribution in [0, 0.1) is 0 Å². The average Bonchev–Trinajstić information content (AvgIpc) is 2.45. The van der Waals surface area contributed by atoms with E-state index in [0.29, 0.717) is 6.42 Å². The number of carbonyl (C=O) groups is 2. The second-order valence-corrected chi connectivity index (χ2v) is 4.10. The number of unbranched alkanes of at least 4 members (excludes halogenated alkanes) is 1. The zero-order valence-electron chi connectivity index (χ0n) is 7.58. The number of amides is 1. The van der Waals surface area contributed by atoms with Gasteiger partial charge in [0.05, 0.1) is 10.3 Å². The molecule has 0 saturated carbocycles. The van der Waals surface area contributed by atoms with Crippen molar-refractivity contribution >= 4 is 24.0 Å². The van der Waals surface area contributed by atoms with E-state index in [1.807, 2.05) is 6.08 Å². The van der Waals surface area contributed by atoms with Crippen molar-refractivity contribution in [2.45, 2.75) is 31.4 Å². The molecule has 72 valence electrons. The molecule has 0 radical (unpaired) electrons. The zero-order valence-corrected chi connectivity index (χ0v) is 8.39. The maximum absolute atomic E-state index is 11.2. The quantitative estimate of drug-likeness (QED) is 0.697. The third-order valence-electron chi connectivity index (χ3n) is 1.74. The Hall–Kier alpha value is -0.770. The first-order valence-corrected chi connectivity index (χ1v) is 5.27. The molecule has 0 spiro atoms. The fourth-order valence-corrected chi connectivity index (χ4v) is 2.08. The third-order valence-corrected chi connectivity index (χ3v) is 2.95. The lowest BCUT2D eigenvalue weighted by Gasteiger charge is -1.96. The maximum atomic E-state index is 11.2. The summed E-state index contributed by atoms with van der Waals surface area (Å²) >= 11 is 1.45. The van der Waals surface area contributed by atoms with Gasteiger partial charge in [0.1, 0.15) is 6.29 Å². The molecule has 1 N–H and O–H groups in total. The van der Waals surface area contributed by atoms with E-state index in [0.717, 1.165) is 24.2 Å². The van der Waals surface area contributed by atoms with Crippen molar-refractivity contribution in [1.29, 1.82) is 0 Å². The lowest BCUT2D eigenvalue weighted by atomic mass is 10.3. The summed E-state index contributed by atoms with van der Waals surface area (Å²) in [5.74, 6) is -0.0422. The Balaban J connectivity index is 2.49. The molecule has 1 aliphatic rings. The summed E-state index contributed by atoms with van der Waals surface area (Å²) in [7, 11) is 0. The molecule has 0 aromatic rings. The van der Waals surface area contributed by atoms with Crippen LogP contribution in [0.25, 0.3) is 0 Å². The van der Waals surface area contributed by atoms with E-state index >= 15 is 0 Å². The Morgan fingerprint density at radius 3 is 3.00 bits per heavy atom. The summed E-state index contributed by atoms with van der Waals surface area (Å²) in [5.41, 5.74) is 0. The highest BCUT2D eigenvalue weighted by Crippen LogP contribution is 2.28. The third kappa shape index (κ3) is 2.88. The number of hydrogen-bond donors (Lipinski definition) is 1. The minimum absolute atomic E-state index is 0.0422. The number of allylic oxidation sites excluding steroid dienone is 1. The molecule has 4 heteroatoms. The van der Waals surface area contributed by atoms with Crippen LogP contribution in [0.3, 0.4) is 0 Å². The van der Waals surface area contributed by atoms with E-state index in [1.54, 1.807) is 0 Å². The minimum atomic E-state index is -0.208. The average molecular weight is 199 g/mol. The van der Waals surface area contributed by atoms with Crippen molar-refractivity contribution in [2.75, 3.05) is 0 Å². The molecule has 0 aromatic heterocycles. The molecule has 1 saturated heterocycles.